The van der Waals surface area contributed by atoms with Crippen LogP contribution in [0.25, 0.3) is 38.5 Å². The van der Waals surface area contributed by atoms with Crippen LogP contribution in [0.4, 0.5) is 4.39 Å². The highest BCUT2D eigenvalue weighted by Gasteiger charge is 2.19. The molecule has 5 rings (SSSR count). The molecule has 0 fully saturated rings. The van der Waals surface area contributed by atoms with Gasteiger partial charge in [0, 0.05) is 17.0 Å². The Morgan fingerprint density at radius 2 is 1.60 bits per heavy atom. The third kappa shape index (κ3) is 1.94. The average Bonchev–Trinajstić information content (AvgIpc) is 2.99. The molecule has 120 valence electrons. The summed E-state index contributed by atoms with van der Waals surface area (Å²) >= 11 is 0. The van der Waals surface area contributed by atoms with Crippen LogP contribution >= 0.6 is 0 Å². The Bertz CT molecular complexity index is 1310. The molecular weight excluding hydrogens is 317 g/mol. The standard InChI is InChI=1S/C21H12FNO2/c22-14-10-8-13(9-11-14)20-18-15-5-1-2-7-17(15)25-21(24)19(18)16-6-3-4-12-23(16)20/h1-12H. The molecule has 0 saturated carbocycles. The summed E-state index contributed by atoms with van der Waals surface area (Å²) in [7, 11) is 0. The second kappa shape index (κ2) is 5.05. The summed E-state index contributed by atoms with van der Waals surface area (Å²) < 4.78 is 20.9. The highest BCUT2D eigenvalue weighted by molar-refractivity contribution is 6.17. The molecule has 0 N–H and O–H groups in total. The molecule has 0 atom stereocenters. The molecule has 0 aliphatic rings. The SMILES string of the molecule is O=c1oc2ccccc2c2c(-c3ccc(F)cc3)n3ccccc3c12. The summed E-state index contributed by atoms with van der Waals surface area (Å²) in [6, 6.07) is 19.5. The third-order valence-corrected chi connectivity index (χ3v) is 4.52. The van der Waals surface area contributed by atoms with E-state index in [9.17, 15) is 9.18 Å². The fourth-order valence-electron chi connectivity index (χ4n) is 3.48. The van der Waals surface area contributed by atoms with E-state index in [1.807, 2.05) is 47.0 Å². The number of hydrogen-bond acceptors (Lipinski definition) is 2. The number of aromatic nitrogens is 1. The van der Waals surface area contributed by atoms with Gasteiger partial charge in [-0.1, -0.05) is 24.3 Å². The predicted molar refractivity (Wildman–Crippen MR) is 96.3 cm³/mol. The average molecular weight is 329 g/mol. The summed E-state index contributed by atoms with van der Waals surface area (Å²) in [5.74, 6) is -0.293. The smallest absolute Gasteiger partial charge is 0.346 e. The molecule has 0 aliphatic heterocycles. The first-order valence-corrected chi connectivity index (χ1v) is 7.94. The van der Waals surface area contributed by atoms with Gasteiger partial charge < -0.3 is 8.82 Å². The number of pyridine rings is 1. The fraction of sp³-hybridized carbons (Fsp3) is 0. The van der Waals surface area contributed by atoms with Gasteiger partial charge in [-0.25, -0.2) is 9.18 Å². The van der Waals surface area contributed by atoms with E-state index < -0.39 is 0 Å². The Kier molecular flexibility index (Phi) is 2.82. The maximum atomic E-state index is 13.4. The molecule has 5 aromatic rings. The lowest BCUT2D eigenvalue weighted by Gasteiger charge is -2.05. The lowest BCUT2D eigenvalue weighted by atomic mass is 10.0. The van der Waals surface area contributed by atoms with Gasteiger partial charge in [-0.05, 0) is 48.0 Å². The van der Waals surface area contributed by atoms with Crippen molar-refractivity contribution in [3.63, 3.8) is 0 Å². The molecule has 0 spiro atoms. The molecule has 2 aromatic carbocycles. The Hall–Kier alpha value is -3.40. The van der Waals surface area contributed by atoms with E-state index in [1.54, 1.807) is 18.2 Å². The van der Waals surface area contributed by atoms with E-state index in [-0.39, 0.29) is 11.4 Å². The van der Waals surface area contributed by atoms with E-state index in [1.165, 1.54) is 12.1 Å². The van der Waals surface area contributed by atoms with Crippen molar-refractivity contribution in [3.8, 4) is 11.3 Å². The normalized spacial score (nSPS) is 11.6. The molecule has 3 aromatic heterocycles. The molecular formula is C21H12FNO2. The van der Waals surface area contributed by atoms with Gasteiger partial charge in [0.15, 0.2) is 0 Å². The van der Waals surface area contributed by atoms with Crippen molar-refractivity contribution in [3.05, 3.63) is 89.2 Å². The van der Waals surface area contributed by atoms with Crippen molar-refractivity contribution in [2.75, 3.05) is 0 Å². The molecule has 0 saturated heterocycles. The minimum atomic E-state index is -0.370. The number of rotatable bonds is 1. The summed E-state index contributed by atoms with van der Waals surface area (Å²) in [5.41, 5.74) is 2.64. The first kappa shape index (κ1) is 14.0. The molecule has 0 radical (unpaired) electrons. The summed E-state index contributed by atoms with van der Waals surface area (Å²) in [6.07, 6.45) is 1.90. The zero-order chi connectivity index (χ0) is 17.0. The maximum Gasteiger partial charge on any atom is 0.346 e. The van der Waals surface area contributed by atoms with Crippen molar-refractivity contribution in [1.82, 2.24) is 4.40 Å². The van der Waals surface area contributed by atoms with Crippen molar-refractivity contribution in [2.24, 2.45) is 0 Å². The van der Waals surface area contributed by atoms with Crippen LogP contribution in [-0.2, 0) is 0 Å². The van der Waals surface area contributed by atoms with Gasteiger partial charge in [0.1, 0.15) is 11.4 Å². The van der Waals surface area contributed by atoms with Gasteiger partial charge in [-0.2, -0.15) is 0 Å². The van der Waals surface area contributed by atoms with Crippen LogP contribution in [0.2, 0.25) is 0 Å². The van der Waals surface area contributed by atoms with Gasteiger partial charge in [0.2, 0.25) is 0 Å². The maximum absolute atomic E-state index is 13.4. The molecule has 0 bridgehead atoms. The zero-order valence-electron chi connectivity index (χ0n) is 13.1. The zero-order valence-corrected chi connectivity index (χ0v) is 13.1. The quantitative estimate of drug-likeness (QED) is 0.405. The number of hydrogen-bond donors (Lipinski definition) is 0. The molecule has 0 unspecified atom stereocenters. The van der Waals surface area contributed by atoms with Crippen LogP contribution in [0.3, 0.4) is 0 Å². The van der Waals surface area contributed by atoms with Gasteiger partial charge in [0.05, 0.1) is 16.6 Å². The van der Waals surface area contributed by atoms with Crippen molar-refractivity contribution < 1.29 is 8.81 Å². The van der Waals surface area contributed by atoms with E-state index in [0.29, 0.717) is 11.0 Å². The Morgan fingerprint density at radius 1 is 0.840 bits per heavy atom. The van der Waals surface area contributed by atoms with E-state index >= 15 is 0 Å². The van der Waals surface area contributed by atoms with Crippen molar-refractivity contribution in [1.29, 1.82) is 0 Å². The van der Waals surface area contributed by atoms with Crippen LogP contribution in [0.15, 0.2) is 82.1 Å². The molecule has 4 heteroatoms. The van der Waals surface area contributed by atoms with E-state index in [2.05, 4.69) is 0 Å². The first-order chi connectivity index (χ1) is 12.2. The number of para-hydroxylation sites is 1. The largest absolute Gasteiger partial charge is 0.422 e. The summed E-state index contributed by atoms with van der Waals surface area (Å²) in [6.45, 7) is 0. The molecule has 0 amide bonds. The monoisotopic (exact) mass is 329 g/mol. The van der Waals surface area contributed by atoms with Crippen LogP contribution in [0, 0.1) is 5.82 Å². The van der Waals surface area contributed by atoms with Crippen LogP contribution < -0.4 is 5.63 Å². The minimum absolute atomic E-state index is 0.293. The van der Waals surface area contributed by atoms with E-state index in [4.69, 9.17) is 4.42 Å². The predicted octanol–water partition coefficient (Wildman–Crippen LogP) is 5.01. The van der Waals surface area contributed by atoms with Crippen molar-refractivity contribution in [2.45, 2.75) is 0 Å². The number of benzene rings is 2. The second-order valence-corrected chi connectivity index (χ2v) is 5.95. The summed E-state index contributed by atoms with van der Waals surface area (Å²) in [4.78, 5) is 12.7. The van der Waals surface area contributed by atoms with Crippen LogP contribution in [0.1, 0.15) is 0 Å². The van der Waals surface area contributed by atoms with Crippen LogP contribution in [0.5, 0.6) is 0 Å². The second-order valence-electron chi connectivity index (χ2n) is 5.95. The fourth-order valence-corrected chi connectivity index (χ4v) is 3.48. The van der Waals surface area contributed by atoms with Gasteiger partial charge in [0.25, 0.3) is 0 Å². The topological polar surface area (TPSA) is 34.6 Å². The minimum Gasteiger partial charge on any atom is -0.422 e. The third-order valence-electron chi connectivity index (χ3n) is 4.52. The molecule has 0 aliphatic carbocycles. The van der Waals surface area contributed by atoms with E-state index in [0.717, 1.165) is 27.5 Å². The molecule has 3 nitrogen and oxygen atoms in total. The number of fused-ring (bicyclic) bond motifs is 5. The van der Waals surface area contributed by atoms with Gasteiger partial charge in [-0.15, -0.1) is 0 Å². The van der Waals surface area contributed by atoms with Gasteiger partial charge in [-0.3, -0.25) is 0 Å². The first-order valence-electron chi connectivity index (χ1n) is 7.94. The van der Waals surface area contributed by atoms with Crippen LogP contribution in [-0.4, -0.2) is 4.40 Å². The van der Waals surface area contributed by atoms with Crippen molar-refractivity contribution >= 4 is 27.3 Å². The highest BCUT2D eigenvalue weighted by Crippen LogP contribution is 2.36. The molecule has 3 heterocycles. The summed E-state index contributed by atoms with van der Waals surface area (Å²) in [5, 5.41) is 2.23. The lowest BCUT2D eigenvalue weighted by Crippen LogP contribution is -1.98. The van der Waals surface area contributed by atoms with Gasteiger partial charge >= 0.3 is 5.63 Å². The number of halogens is 1. The Morgan fingerprint density at radius 3 is 2.44 bits per heavy atom. The highest BCUT2D eigenvalue weighted by atomic mass is 19.1. The lowest BCUT2D eigenvalue weighted by molar-refractivity contribution is 0.570. The Balaban J connectivity index is 2.11. The Labute approximate surface area is 141 Å². The molecule has 25 heavy (non-hydrogen) atoms. The number of nitrogens with zero attached hydrogens (tertiary/aromatic N) is 1.